The first-order valence-electron chi connectivity index (χ1n) is 7.41. The van der Waals surface area contributed by atoms with Crippen molar-refractivity contribution in [3.05, 3.63) is 44.9 Å². The van der Waals surface area contributed by atoms with Gasteiger partial charge >= 0.3 is 11.2 Å². The fourth-order valence-corrected chi connectivity index (χ4v) is 3.01. The van der Waals surface area contributed by atoms with Gasteiger partial charge in [-0.2, -0.15) is 0 Å². The number of aromatic nitrogens is 2. The summed E-state index contributed by atoms with van der Waals surface area (Å²) in [6.45, 7) is 4.81. The highest BCUT2D eigenvalue weighted by Crippen LogP contribution is 2.30. The topological polar surface area (TPSA) is 80.8 Å². The zero-order chi connectivity index (χ0) is 15.9. The monoisotopic (exact) mass is 302 g/mol. The summed E-state index contributed by atoms with van der Waals surface area (Å²) >= 11 is 0. The summed E-state index contributed by atoms with van der Waals surface area (Å²) in [7, 11) is 0. The molecule has 3 rings (SSSR count). The third-order valence-corrected chi connectivity index (χ3v) is 4.26. The normalized spacial score (nSPS) is 22.0. The molecule has 3 heterocycles. The van der Waals surface area contributed by atoms with E-state index in [2.05, 4.69) is 11.9 Å². The van der Waals surface area contributed by atoms with Crippen LogP contribution in [0.5, 0.6) is 0 Å². The standard InChI is InChI=1S/C15H18N4O3/c1-10-6-7-11(2)18(9-10)14-13(19(21)22)15(20)17-8-4-3-5-12(17)16-14/h3-5,8,10-11H,6-7,9H2,1-2H3. The Morgan fingerprint density at radius 1 is 1.32 bits per heavy atom. The molecule has 1 aliphatic heterocycles. The number of nitrogens with zero attached hydrogens (tertiary/aromatic N) is 4. The Bertz CT molecular complexity index is 786. The van der Waals surface area contributed by atoms with Crippen molar-refractivity contribution in [1.82, 2.24) is 9.38 Å². The second-order valence-electron chi connectivity index (χ2n) is 5.96. The van der Waals surface area contributed by atoms with Gasteiger partial charge in [0.1, 0.15) is 5.65 Å². The Hall–Kier alpha value is -2.44. The fraction of sp³-hybridized carbons (Fsp3) is 0.467. The van der Waals surface area contributed by atoms with Gasteiger partial charge in [0.2, 0.25) is 5.82 Å². The molecule has 0 amide bonds. The molecule has 2 unspecified atom stereocenters. The molecule has 2 aromatic rings. The number of nitro groups is 1. The summed E-state index contributed by atoms with van der Waals surface area (Å²) in [5.74, 6) is 0.618. The summed E-state index contributed by atoms with van der Waals surface area (Å²) in [6.07, 6.45) is 3.52. The molecule has 0 aromatic carbocycles. The maximum atomic E-state index is 12.5. The van der Waals surface area contributed by atoms with Crippen LogP contribution < -0.4 is 10.5 Å². The van der Waals surface area contributed by atoms with Crippen molar-refractivity contribution in [1.29, 1.82) is 0 Å². The molecule has 0 radical (unpaired) electrons. The van der Waals surface area contributed by atoms with Crippen LogP contribution in [-0.2, 0) is 0 Å². The van der Waals surface area contributed by atoms with Crippen molar-refractivity contribution in [2.45, 2.75) is 32.7 Å². The molecule has 1 aliphatic rings. The summed E-state index contributed by atoms with van der Waals surface area (Å²) in [5, 5.41) is 11.4. The number of fused-ring (bicyclic) bond motifs is 1. The Balaban J connectivity index is 2.25. The van der Waals surface area contributed by atoms with Crippen molar-refractivity contribution < 1.29 is 4.92 Å². The summed E-state index contributed by atoms with van der Waals surface area (Å²) in [6, 6.07) is 5.24. The lowest BCUT2D eigenvalue weighted by Crippen LogP contribution is -2.42. The van der Waals surface area contributed by atoms with Crippen LogP contribution in [0.15, 0.2) is 29.2 Å². The number of anilines is 1. The first-order chi connectivity index (χ1) is 10.5. The van der Waals surface area contributed by atoms with E-state index in [1.807, 2.05) is 11.8 Å². The second kappa shape index (κ2) is 5.40. The molecule has 0 saturated carbocycles. The van der Waals surface area contributed by atoms with E-state index in [0.29, 0.717) is 18.1 Å². The van der Waals surface area contributed by atoms with E-state index < -0.39 is 16.2 Å². The lowest BCUT2D eigenvalue weighted by atomic mass is 9.95. The van der Waals surface area contributed by atoms with Crippen molar-refractivity contribution in [2.75, 3.05) is 11.4 Å². The van der Waals surface area contributed by atoms with Crippen LogP contribution in [0.4, 0.5) is 11.5 Å². The van der Waals surface area contributed by atoms with Gasteiger partial charge in [-0.05, 0) is 37.8 Å². The van der Waals surface area contributed by atoms with Crippen LogP contribution in [0.2, 0.25) is 0 Å². The van der Waals surface area contributed by atoms with E-state index in [9.17, 15) is 14.9 Å². The van der Waals surface area contributed by atoms with E-state index in [4.69, 9.17) is 0 Å². The van der Waals surface area contributed by atoms with Crippen molar-refractivity contribution in [2.24, 2.45) is 5.92 Å². The van der Waals surface area contributed by atoms with Crippen LogP contribution in [0, 0.1) is 16.0 Å². The fourth-order valence-electron chi connectivity index (χ4n) is 3.01. The van der Waals surface area contributed by atoms with E-state index in [-0.39, 0.29) is 11.9 Å². The maximum absolute atomic E-state index is 12.5. The molecule has 0 N–H and O–H groups in total. The zero-order valence-corrected chi connectivity index (χ0v) is 12.6. The average Bonchev–Trinajstić information content (AvgIpc) is 2.49. The number of hydrogen-bond donors (Lipinski definition) is 0. The average molecular weight is 302 g/mol. The van der Waals surface area contributed by atoms with Gasteiger partial charge in [0, 0.05) is 18.8 Å². The summed E-state index contributed by atoms with van der Waals surface area (Å²) in [4.78, 5) is 29.6. The third kappa shape index (κ3) is 2.32. The third-order valence-electron chi connectivity index (χ3n) is 4.26. The molecule has 1 fully saturated rings. The molecule has 0 aliphatic carbocycles. The smallest absolute Gasteiger partial charge is 0.348 e. The number of piperidine rings is 1. The summed E-state index contributed by atoms with van der Waals surface area (Å²) in [5.41, 5.74) is -0.640. The number of rotatable bonds is 2. The predicted molar refractivity (Wildman–Crippen MR) is 83.3 cm³/mol. The molecule has 0 spiro atoms. The molecule has 2 atom stereocenters. The van der Waals surface area contributed by atoms with Gasteiger partial charge in [-0.1, -0.05) is 13.0 Å². The van der Waals surface area contributed by atoms with Crippen molar-refractivity contribution >= 4 is 17.2 Å². The Kier molecular flexibility index (Phi) is 3.56. The highest BCUT2D eigenvalue weighted by atomic mass is 16.6. The Morgan fingerprint density at radius 2 is 2.09 bits per heavy atom. The second-order valence-corrected chi connectivity index (χ2v) is 5.96. The molecule has 22 heavy (non-hydrogen) atoms. The highest BCUT2D eigenvalue weighted by molar-refractivity contribution is 5.62. The molecular formula is C15H18N4O3. The molecule has 1 saturated heterocycles. The number of pyridine rings is 1. The summed E-state index contributed by atoms with van der Waals surface area (Å²) < 4.78 is 1.22. The number of hydrogen-bond acceptors (Lipinski definition) is 5. The lowest BCUT2D eigenvalue weighted by molar-refractivity contribution is -0.385. The van der Waals surface area contributed by atoms with Crippen LogP contribution in [0.3, 0.4) is 0 Å². The molecule has 2 aromatic heterocycles. The molecule has 7 nitrogen and oxygen atoms in total. The highest BCUT2D eigenvalue weighted by Gasteiger charge is 2.32. The van der Waals surface area contributed by atoms with Crippen LogP contribution in [0.25, 0.3) is 5.65 Å². The van der Waals surface area contributed by atoms with E-state index in [1.165, 1.54) is 10.6 Å². The first kappa shape index (κ1) is 14.5. The van der Waals surface area contributed by atoms with E-state index in [0.717, 1.165) is 12.8 Å². The lowest BCUT2D eigenvalue weighted by Gasteiger charge is -2.37. The van der Waals surface area contributed by atoms with Crippen molar-refractivity contribution in [3.63, 3.8) is 0 Å². The van der Waals surface area contributed by atoms with Gasteiger partial charge in [-0.25, -0.2) is 4.98 Å². The zero-order valence-electron chi connectivity index (χ0n) is 12.6. The molecule has 0 bridgehead atoms. The molecular weight excluding hydrogens is 284 g/mol. The van der Waals surface area contributed by atoms with Crippen molar-refractivity contribution in [3.8, 4) is 0 Å². The van der Waals surface area contributed by atoms with Gasteiger partial charge in [0.15, 0.2) is 0 Å². The molecule has 7 heteroatoms. The van der Waals surface area contributed by atoms with Gasteiger partial charge in [-0.15, -0.1) is 0 Å². The minimum atomic E-state index is -0.629. The maximum Gasteiger partial charge on any atom is 0.376 e. The van der Waals surface area contributed by atoms with Gasteiger partial charge in [0.25, 0.3) is 0 Å². The SMILES string of the molecule is CC1CCC(C)N(c2nc3ccccn3c(=O)c2[N+](=O)[O-])C1. The van der Waals surface area contributed by atoms with Gasteiger partial charge < -0.3 is 4.90 Å². The molecule has 116 valence electrons. The van der Waals surface area contributed by atoms with Crippen LogP contribution in [-0.4, -0.2) is 26.9 Å². The quantitative estimate of drug-likeness (QED) is 0.627. The first-order valence-corrected chi connectivity index (χ1v) is 7.41. The minimum absolute atomic E-state index is 0.132. The minimum Gasteiger partial charge on any atom is -0.348 e. The van der Waals surface area contributed by atoms with Crippen LogP contribution in [0.1, 0.15) is 26.7 Å². The van der Waals surface area contributed by atoms with Gasteiger partial charge in [-0.3, -0.25) is 19.3 Å². The Morgan fingerprint density at radius 3 is 2.82 bits per heavy atom. The van der Waals surface area contributed by atoms with E-state index in [1.54, 1.807) is 18.2 Å². The Labute approximate surface area is 127 Å². The van der Waals surface area contributed by atoms with E-state index >= 15 is 0 Å². The predicted octanol–water partition coefficient (Wildman–Crippen LogP) is 2.23. The largest absolute Gasteiger partial charge is 0.376 e. The van der Waals surface area contributed by atoms with Crippen LogP contribution >= 0.6 is 0 Å². The van der Waals surface area contributed by atoms with Gasteiger partial charge in [0.05, 0.1) is 4.92 Å².